The van der Waals surface area contributed by atoms with Crippen LogP contribution in [0.3, 0.4) is 0 Å². The van der Waals surface area contributed by atoms with Gasteiger partial charge in [0.05, 0.1) is 23.9 Å². The molecule has 0 aliphatic rings. The van der Waals surface area contributed by atoms with Gasteiger partial charge in [-0.25, -0.2) is 0 Å². The average molecular weight is 457 g/mol. The van der Waals surface area contributed by atoms with Gasteiger partial charge < -0.3 is 19.8 Å². The first kappa shape index (κ1) is 20.7. The second-order valence-electron chi connectivity index (χ2n) is 6.29. The van der Waals surface area contributed by atoms with E-state index >= 15 is 0 Å². The van der Waals surface area contributed by atoms with Crippen molar-refractivity contribution in [3.8, 4) is 5.75 Å². The Morgan fingerprint density at radius 1 is 1.03 bits per heavy atom. The summed E-state index contributed by atoms with van der Waals surface area (Å²) in [6.07, 6.45) is 2.47. The zero-order valence-corrected chi connectivity index (χ0v) is 17.5. The molecule has 29 heavy (non-hydrogen) atoms. The van der Waals surface area contributed by atoms with Crippen LogP contribution >= 0.6 is 15.9 Å². The Labute approximate surface area is 177 Å². The summed E-state index contributed by atoms with van der Waals surface area (Å²) < 4.78 is 11.5. The summed E-state index contributed by atoms with van der Waals surface area (Å²) in [6, 6.07) is 15.4. The number of carbonyl (C=O) groups is 2. The first-order valence-corrected chi connectivity index (χ1v) is 10.0. The van der Waals surface area contributed by atoms with E-state index in [0.29, 0.717) is 41.5 Å². The van der Waals surface area contributed by atoms with Gasteiger partial charge in [-0.05, 0) is 76.9 Å². The van der Waals surface area contributed by atoms with Crippen molar-refractivity contribution in [2.45, 2.75) is 19.9 Å². The van der Waals surface area contributed by atoms with Gasteiger partial charge in [0.2, 0.25) is 0 Å². The van der Waals surface area contributed by atoms with Crippen LogP contribution in [0.4, 0.5) is 5.69 Å². The van der Waals surface area contributed by atoms with Gasteiger partial charge in [0.1, 0.15) is 11.5 Å². The van der Waals surface area contributed by atoms with Crippen LogP contribution in [0.15, 0.2) is 69.8 Å². The largest absolute Gasteiger partial charge is 0.492 e. The highest BCUT2D eigenvalue weighted by atomic mass is 79.9. The minimum absolute atomic E-state index is 0.217. The molecule has 3 rings (SSSR count). The van der Waals surface area contributed by atoms with E-state index in [-0.39, 0.29) is 11.8 Å². The van der Waals surface area contributed by atoms with Crippen LogP contribution in [-0.4, -0.2) is 18.4 Å². The molecule has 0 radical (unpaired) electrons. The lowest BCUT2D eigenvalue weighted by Gasteiger charge is -2.10. The zero-order valence-electron chi connectivity index (χ0n) is 15.9. The number of nitrogens with one attached hydrogen (secondary N) is 2. The maximum absolute atomic E-state index is 12.5. The monoisotopic (exact) mass is 456 g/mol. The third-order valence-corrected chi connectivity index (χ3v) is 4.68. The van der Waals surface area contributed by atoms with Crippen LogP contribution in [0.25, 0.3) is 0 Å². The van der Waals surface area contributed by atoms with E-state index in [1.807, 2.05) is 6.92 Å². The lowest BCUT2D eigenvalue weighted by molar-refractivity contribution is 0.0947. The molecule has 0 spiro atoms. The molecule has 2 aromatic carbocycles. The molecule has 0 atom stereocenters. The minimum Gasteiger partial charge on any atom is -0.492 e. The van der Waals surface area contributed by atoms with Crippen LogP contribution in [-0.2, 0) is 6.54 Å². The summed E-state index contributed by atoms with van der Waals surface area (Å²) in [5, 5.41) is 5.60. The molecule has 2 N–H and O–H groups in total. The number of rotatable bonds is 8. The van der Waals surface area contributed by atoms with Crippen LogP contribution in [0.5, 0.6) is 5.75 Å². The number of carbonyl (C=O) groups excluding carboxylic acids is 2. The molecule has 6 nitrogen and oxygen atoms in total. The molecule has 150 valence electrons. The number of anilines is 1. The Balaban J connectivity index is 1.58. The lowest BCUT2D eigenvalue weighted by atomic mass is 10.1. The Bertz CT molecular complexity index is 969. The van der Waals surface area contributed by atoms with Gasteiger partial charge in [0, 0.05) is 16.8 Å². The molecular formula is C22H21BrN2O4. The fourth-order valence-corrected chi connectivity index (χ4v) is 3.06. The number of hydrogen-bond donors (Lipinski definition) is 2. The van der Waals surface area contributed by atoms with E-state index in [1.165, 1.54) is 0 Å². The second kappa shape index (κ2) is 9.93. The first-order chi connectivity index (χ1) is 14.1. The Morgan fingerprint density at radius 3 is 2.45 bits per heavy atom. The number of amides is 2. The summed E-state index contributed by atoms with van der Waals surface area (Å²) in [7, 11) is 0. The third-order valence-electron chi connectivity index (χ3n) is 4.06. The van der Waals surface area contributed by atoms with E-state index < -0.39 is 0 Å². The molecule has 0 unspecified atom stereocenters. The summed E-state index contributed by atoms with van der Waals surface area (Å²) in [6.45, 7) is 2.96. The molecule has 0 aliphatic carbocycles. The van der Waals surface area contributed by atoms with E-state index in [9.17, 15) is 9.59 Å². The Kier molecular flexibility index (Phi) is 7.08. The number of hydrogen-bond acceptors (Lipinski definition) is 4. The van der Waals surface area contributed by atoms with Gasteiger partial charge in [-0.1, -0.05) is 6.92 Å². The van der Waals surface area contributed by atoms with E-state index in [0.717, 1.165) is 10.9 Å². The van der Waals surface area contributed by atoms with Gasteiger partial charge in [0.15, 0.2) is 0 Å². The Morgan fingerprint density at radius 2 is 1.79 bits per heavy atom. The molecule has 3 aromatic rings. The smallest absolute Gasteiger partial charge is 0.255 e. The topological polar surface area (TPSA) is 80.6 Å². The normalized spacial score (nSPS) is 10.4. The maximum Gasteiger partial charge on any atom is 0.255 e. The predicted octanol–water partition coefficient (Wildman–Crippen LogP) is 5.01. The van der Waals surface area contributed by atoms with Crippen molar-refractivity contribution in [2.75, 3.05) is 11.9 Å². The molecule has 7 heteroatoms. The van der Waals surface area contributed by atoms with Crippen molar-refractivity contribution >= 4 is 33.4 Å². The number of benzene rings is 2. The highest BCUT2D eigenvalue weighted by Crippen LogP contribution is 2.26. The quantitative estimate of drug-likeness (QED) is 0.498. The van der Waals surface area contributed by atoms with Crippen molar-refractivity contribution in [2.24, 2.45) is 0 Å². The van der Waals surface area contributed by atoms with E-state index in [1.54, 1.807) is 60.9 Å². The highest BCUT2D eigenvalue weighted by molar-refractivity contribution is 9.10. The molecule has 0 bridgehead atoms. The average Bonchev–Trinajstić information content (AvgIpc) is 3.25. The summed E-state index contributed by atoms with van der Waals surface area (Å²) >= 11 is 3.43. The molecule has 0 fully saturated rings. The van der Waals surface area contributed by atoms with E-state index in [4.69, 9.17) is 9.15 Å². The van der Waals surface area contributed by atoms with Crippen molar-refractivity contribution < 1.29 is 18.7 Å². The van der Waals surface area contributed by atoms with Crippen LogP contribution < -0.4 is 15.4 Å². The number of furan rings is 1. The summed E-state index contributed by atoms with van der Waals surface area (Å²) in [5.74, 6) is 0.918. The zero-order chi connectivity index (χ0) is 20.6. The van der Waals surface area contributed by atoms with Gasteiger partial charge >= 0.3 is 0 Å². The summed E-state index contributed by atoms with van der Waals surface area (Å²) in [5.41, 5.74) is 1.59. The van der Waals surface area contributed by atoms with Gasteiger partial charge in [-0.2, -0.15) is 0 Å². The van der Waals surface area contributed by atoms with Gasteiger partial charge in [-0.15, -0.1) is 0 Å². The molecule has 0 saturated carbocycles. The molecular weight excluding hydrogens is 436 g/mol. The highest BCUT2D eigenvalue weighted by Gasteiger charge is 2.11. The SMILES string of the molecule is CCCOc1ccc(C(=O)Nc2ccc(C(=O)NCc3ccco3)cc2)cc1Br. The Hall–Kier alpha value is -3.06. The van der Waals surface area contributed by atoms with Gasteiger partial charge in [0.25, 0.3) is 11.8 Å². The second-order valence-corrected chi connectivity index (χ2v) is 7.14. The first-order valence-electron chi connectivity index (χ1n) is 9.21. The molecule has 1 aromatic heterocycles. The number of ether oxygens (including phenoxy) is 1. The van der Waals surface area contributed by atoms with Crippen LogP contribution in [0, 0.1) is 0 Å². The third kappa shape index (κ3) is 5.71. The standard InChI is InChI=1S/C22H21BrN2O4/c1-2-11-29-20-10-7-16(13-19(20)23)22(27)25-17-8-5-15(6-9-17)21(26)24-14-18-4-3-12-28-18/h3-10,12-13H,2,11,14H2,1H3,(H,24,26)(H,25,27). The van der Waals surface area contributed by atoms with Crippen molar-refractivity contribution in [1.29, 1.82) is 0 Å². The van der Waals surface area contributed by atoms with Crippen molar-refractivity contribution in [1.82, 2.24) is 5.32 Å². The molecule has 0 saturated heterocycles. The van der Waals surface area contributed by atoms with Crippen LogP contribution in [0.1, 0.15) is 39.8 Å². The fourth-order valence-electron chi connectivity index (χ4n) is 2.56. The molecule has 1 heterocycles. The fraction of sp³-hybridized carbons (Fsp3) is 0.182. The minimum atomic E-state index is -0.247. The van der Waals surface area contributed by atoms with Crippen molar-refractivity contribution in [3.63, 3.8) is 0 Å². The number of halogens is 1. The summed E-state index contributed by atoms with van der Waals surface area (Å²) in [4.78, 5) is 24.7. The lowest BCUT2D eigenvalue weighted by Crippen LogP contribution is -2.22. The van der Waals surface area contributed by atoms with E-state index in [2.05, 4.69) is 26.6 Å². The molecule has 0 aliphatic heterocycles. The maximum atomic E-state index is 12.5. The predicted molar refractivity (Wildman–Crippen MR) is 114 cm³/mol. The van der Waals surface area contributed by atoms with Crippen molar-refractivity contribution in [3.05, 3.63) is 82.2 Å². The van der Waals surface area contributed by atoms with Crippen LogP contribution in [0.2, 0.25) is 0 Å². The van der Waals surface area contributed by atoms with Gasteiger partial charge in [-0.3, -0.25) is 9.59 Å². The molecule has 2 amide bonds.